The van der Waals surface area contributed by atoms with Gasteiger partial charge in [0.15, 0.2) is 0 Å². The van der Waals surface area contributed by atoms with Crippen LogP contribution >= 0.6 is 0 Å². The van der Waals surface area contributed by atoms with Gasteiger partial charge in [0.05, 0.1) is 25.3 Å². The highest BCUT2D eigenvalue weighted by Crippen LogP contribution is 2.55. The van der Waals surface area contributed by atoms with Gasteiger partial charge in [-0.15, -0.1) is 0 Å². The van der Waals surface area contributed by atoms with E-state index in [1.54, 1.807) is 0 Å². The van der Waals surface area contributed by atoms with E-state index in [4.69, 9.17) is 9.47 Å². The highest BCUT2D eigenvalue weighted by atomic mass is 16.5. The molecule has 0 N–H and O–H groups in total. The molecule has 0 aliphatic heterocycles. The van der Waals surface area contributed by atoms with Gasteiger partial charge >= 0.3 is 11.9 Å². The van der Waals surface area contributed by atoms with Crippen LogP contribution in [0.2, 0.25) is 0 Å². The molecule has 9 aromatic rings. The van der Waals surface area contributed by atoms with Gasteiger partial charge in [-0.3, -0.25) is 0 Å². The van der Waals surface area contributed by atoms with Crippen molar-refractivity contribution in [2.45, 2.75) is 51.4 Å². The highest BCUT2D eigenvalue weighted by molar-refractivity contribution is 6.14. The van der Waals surface area contributed by atoms with Crippen LogP contribution in [0.25, 0.3) is 66.8 Å². The van der Waals surface area contributed by atoms with Crippen LogP contribution in [-0.4, -0.2) is 26.2 Å². The Bertz CT molecular complexity index is 3260. The third kappa shape index (κ3) is 7.12. The highest BCUT2D eigenvalue weighted by Gasteiger charge is 2.40. The lowest BCUT2D eigenvalue weighted by Crippen LogP contribution is -2.24. The minimum atomic E-state index is -0.577. The third-order valence-corrected chi connectivity index (χ3v) is 15.3. The zero-order chi connectivity index (χ0) is 47.3. The number of hydrogen-bond donors (Lipinski definition) is 0. The minimum absolute atomic E-state index is 0.226. The fourth-order valence-corrected chi connectivity index (χ4v) is 12.5. The van der Waals surface area contributed by atoms with E-state index in [0.717, 1.165) is 47.9 Å². The van der Waals surface area contributed by atoms with Crippen LogP contribution in [0, 0.1) is 0 Å². The van der Waals surface area contributed by atoms with E-state index >= 15 is 0 Å². The van der Waals surface area contributed by atoms with Crippen molar-refractivity contribution >= 4 is 11.9 Å². The maximum Gasteiger partial charge on any atom is 0.339 e. The van der Waals surface area contributed by atoms with Crippen LogP contribution in [0.3, 0.4) is 0 Å². The number of carbonyl (C=O) groups is 2. The molecule has 0 bridgehead atoms. The molecule has 0 unspecified atom stereocenters. The Balaban J connectivity index is 1.24. The summed E-state index contributed by atoms with van der Waals surface area (Å²) in [5, 5.41) is 0. The molecule has 0 saturated carbocycles. The molecule has 0 amide bonds. The van der Waals surface area contributed by atoms with E-state index in [1.165, 1.54) is 116 Å². The zero-order valence-electron chi connectivity index (χ0n) is 39.6. The molecule has 9 aromatic carbocycles. The Morgan fingerprint density at radius 3 is 0.714 bits per heavy atom. The van der Waals surface area contributed by atoms with Gasteiger partial charge in [0.25, 0.3) is 0 Å². The topological polar surface area (TPSA) is 52.6 Å². The van der Waals surface area contributed by atoms with Crippen molar-refractivity contribution in [3.05, 3.63) is 249 Å². The molecule has 0 spiro atoms. The Labute approximate surface area is 410 Å². The molecule has 0 radical (unpaired) electrons. The first-order chi connectivity index (χ1) is 34.5. The van der Waals surface area contributed by atoms with Gasteiger partial charge < -0.3 is 9.47 Å². The molecule has 70 heavy (non-hydrogen) atoms. The van der Waals surface area contributed by atoms with Crippen molar-refractivity contribution in [1.29, 1.82) is 0 Å². The largest absolute Gasteiger partial charge is 0.465 e. The summed E-state index contributed by atoms with van der Waals surface area (Å²) in [6.45, 7) is 0. The quantitative estimate of drug-likeness (QED) is 0.143. The number of methoxy groups -OCH3 is 2. The van der Waals surface area contributed by atoms with Crippen molar-refractivity contribution in [1.82, 2.24) is 0 Å². The molecular weight excluding hydrogens is 857 g/mol. The summed E-state index contributed by atoms with van der Waals surface area (Å²) in [5.74, 6) is -1.15. The molecule has 0 aromatic heterocycles. The second-order valence-electron chi connectivity index (χ2n) is 18.9. The third-order valence-electron chi connectivity index (χ3n) is 15.3. The van der Waals surface area contributed by atoms with E-state index in [0.29, 0.717) is 24.0 Å². The molecule has 0 fully saturated rings. The number of hydrogen-bond acceptors (Lipinski definition) is 4. The van der Waals surface area contributed by atoms with Gasteiger partial charge in [-0.25, -0.2) is 9.59 Å². The molecule has 4 nitrogen and oxygen atoms in total. The number of fused-ring (bicyclic) bond motifs is 5. The molecular formula is C66H52O4. The standard InChI is InChI=1S/C66H52O4/c1-69-65(67)63-61(45-31-17-7-18-32-45)55-39-53-54(40-56(55)62(64(63)66(68)70-2)46-33-19-8-20-34-46)60(44-29-15-6-16-30-44)52-38-50-49(37-51(52)59(53)43-27-13-5-14-28-43)57(41-23-9-3-10-24-41)47-35-21-22-36-48(47)58(50)42-25-11-4-12-26-42/h3-20,23-34H,21-22,35-40H2,1-2H3. The van der Waals surface area contributed by atoms with Gasteiger partial charge in [-0.05, 0) is 163 Å². The summed E-state index contributed by atoms with van der Waals surface area (Å²) < 4.78 is 11.3. The summed E-state index contributed by atoms with van der Waals surface area (Å²) in [5.41, 5.74) is 26.9. The Morgan fingerprint density at radius 2 is 0.486 bits per heavy atom. The van der Waals surface area contributed by atoms with Crippen molar-refractivity contribution in [2.75, 3.05) is 14.2 Å². The first-order valence-corrected chi connectivity index (χ1v) is 24.6. The van der Waals surface area contributed by atoms with Crippen LogP contribution in [0.4, 0.5) is 0 Å². The maximum atomic E-state index is 14.6. The first kappa shape index (κ1) is 43.2. The van der Waals surface area contributed by atoms with Crippen LogP contribution in [-0.2, 0) is 48.0 Å². The minimum Gasteiger partial charge on any atom is -0.465 e. The molecule has 4 heteroatoms. The van der Waals surface area contributed by atoms with E-state index < -0.39 is 11.9 Å². The number of esters is 2. The monoisotopic (exact) mass is 908 g/mol. The summed E-state index contributed by atoms with van der Waals surface area (Å²) in [6, 6.07) is 64.3. The average Bonchev–Trinajstić information content (AvgIpc) is 3.43. The fourth-order valence-electron chi connectivity index (χ4n) is 12.5. The average molecular weight is 909 g/mol. The summed E-state index contributed by atoms with van der Waals surface area (Å²) in [7, 11) is 2.78. The van der Waals surface area contributed by atoms with Gasteiger partial charge in [0.2, 0.25) is 0 Å². The number of ether oxygens (including phenoxy) is 2. The molecule has 3 aliphatic rings. The lowest BCUT2D eigenvalue weighted by molar-refractivity contribution is 0.0556. The predicted octanol–water partition coefficient (Wildman–Crippen LogP) is 15.1. The van der Waals surface area contributed by atoms with Crippen LogP contribution < -0.4 is 0 Å². The summed E-state index contributed by atoms with van der Waals surface area (Å²) >= 11 is 0. The van der Waals surface area contributed by atoms with Crippen molar-refractivity contribution < 1.29 is 19.1 Å². The summed E-state index contributed by atoms with van der Waals surface area (Å²) in [4.78, 5) is 29.1. The molecule has 340 valence electrons. The Morgan fingerprint density at radius 1 is 0.286 bits per heavy atom. The van der Waals surface area contributed by atoms with Crippen LogP contribution in [0.5, 0.6) is 0 Å². The Hall–Kier alpha value is -8.08. The van der Waals surface area contributed by atoms with E-state index in [1.807, 2.05) is 60.7 Å². The SMILES string of the molecule is COC(=O)c1c(C(=O)OC)c(-c2ccccc2)c2c(c1-c1ccccc1)Cc1c(c(-c3ccccc3)c3c(c1-c1ccccc1)Cc1c(c(-c4ccccc4)c4c(c1-c1ccccc1)CCCC4)C3)C2. The lowest BCUT2D eigenvalue weighted by Gasteiger charge is -2.38. The number of carbonyl (C=O) groups excluding carboxylic acids is 2. The van der Waals surface area contributed by atoms with Crippen molar-refractivity contribution in [2.24, 2.45) is 0 Å². The second kappa shape index (κ2) is 18.1. The molecule has 0 heterocycles. The van der Waals surface area contributed by atoms with Gasteiger partial charge in [-0.1, -0.05) is 182 Å². The molecule has 0 atom stereocenters. The Kier molecular flexibility index (Phi) is 11.2. The smallest absolute Gasteiger partial charge is 0.339 e. The van der Waals surface area contributed by atoms with Gasteiger partial charge in [0, 0.05) is 11.1 Å². The van der Waals surface area contributed by atoms with Crippen molar-refractivity contribution in [3.8, 4) is 66.8 Å². The summed E-state index contributed by atoms with van der Waals surface area (Å²) in [6.07, 6.45) is 7.05. The lowest BCUT2D eigenvalue weighted by atomic mass is 9.66. The van der Waals surface area contributed by atoms with Crippen LogP contribution in [0.15, 0.2) is 182 Å². The molecule has 0 saturated heterocycles. The molecule has 12 rings (SSSR count). The van der Waals surface area contributed by atoms with Crippen LogP contribution in [0.1, 0.15) is 89.2 Å². The van der Waals surface area contributed by atoms with Gasteiger partial charge in [-0.2, -0.15) is 0 Å². The first-order valence-electron chi connectivity index (χ1n) is 24.6. The van der Waals surface area contributed by atoms with E-state index in [9.17, 15) is 9.59 Å². The fraction of sp³-hybridized carbons (Fsp3) is 0.152. The molecule has 3 aliphatic carbocycles. The predicted molar refractivity (Wildman–Crippen MR) is 282 cm³/mol. The zero-order valence-corrected chi connectivity index (χ0v) is 39.6. The van der Waals surface area contributed by atoms with Crippen molar-refractivity contribution in [3.63, 3.8) is 0 Å². The number of rotatable bonds is 8. The van der Waals surface area contributed by atoms with Gasteiger partial charge in [0.1, 0.15) is 0 Å². The number of benzene rings is 9. The normalized spacial score (nSPS) is 13.2. The van der Waals surface area contributed by atoms with E-state index in [2.05, 4.69) is 121 Å². The second-order valence-corrected chi connectivity index (χ2v) is 18.9. The van der Waals surface area contributed by atoms with E-state index in [-0.39, 0.29) is 11.1 Å². The maximum absolute atomic E-state index is 14.6.